The van der Waals surface area contributed by atoms with Crippen LogP contribution in [0.25, 0.3) is 11.3 Å². The first-order valence-electron chi connectivity index (χ1n) is 8.26. The molecule has 3 aromatic rings. The van der Waals surface area contributed by atoms with Gasteiger partial charge in [0.05, 0.1) is 16.8 Å². The van der Waals surface area contributed by atoms with Crippen LogP contribution in [0.4, 0.5) is 5.69 Å². The Morgan fingerprint density at radius 3 is 2.35 bits per heavy atom. The molecule has 0 atom stereocenters. The molecular formula is C19H17BrN2O3S. The van der Waals surface area contributed by atoms with Gasteiger partial charge in [0.1, 0.15) is 0 Å². The quantitative estimate of drug-likeness (QED) is 0.580. The Morgan fingerprint density at radius 2 is 1.73 bits per heavy atom. The second-order valence-electron chi connectivity index (χ2n) is 6.31. The van der Waals surface area contributed by atoms with Gasteiger partial charge in [-0.25, -0.2) is 13.4 Å². The van der Waals surface area contributed by atoms with Crippen LogP contribution in [0.1, 0.15) is 24.7 Å². The van der Waals surface area contributed by atoms with E-state index < -0.39 is 10.0 Å². The van der Waals surface area contributed by atoms with Gasteiger partial charge in [-0.3, -0.25) is 4.31 Å². The number of oxazole rings is 1. The molecule has 0 unspecified atom stereocenters. The highest BCUT2D eigenvalue weighted by Gasteiger charge is 2.28. The fraction of sp³-hybridized carbons (Fsp3) is 0.211. The van der Waals surface area contributed by atoms with Gasteiger partial charge in [0.25, 0.3) is 10.0 Å². The van der Waals surface area contributed by atoms with E-state index in [-0.39, 0.29) is 4.90 Å². The average Bonchev–Trinajstić information content (AvgIpc) is 3.39. The van der Waals surface area contributed by atoms with Crippen LogP contribution in [0.3, 0.4) is 0 Å². The summed E-state index contributed by atoms with van der Waals surface area (Å²) >= 11 is 3.35. The number of nitrogens with zero attached hydrogens (tertiary/aromatic N) is 2. The van der Waals surface area contributed by atoms with E-state index in [1.807, 2.05) is 12.1 Å². The zero-order valence-electron chi connectivity index (χ0n) is 14.1. The van der Waals surface area contributed by atoms with Crippen LogP contribution >= 0.6 is 15.9 Å². The van der Waals surface area contributed by atoms with Gasteiger partial charge < -0.3 is 4.42 Å². The molecule has 0 bridgehead atoms. The maximum absolute atomic E-state index is 12.8. The van der Waals surface area contributed by atoms with E-state index in [1.54, 1.807) is 49.6 Å². The Labute approximate surface area is 160 Å². The first kappa shape index (κ1) is 17.3. The zero-order chi connectivity index (χ0) is 18.3. The minimum absolute atomic E-state index is 0.230. The molecule has 1 fully saturated rings. The van der Waals surface area contributed by atoms with E-state index in [0.29, 0.717) is 17.4 Å². The molecule has 0 spiro atoms. The van der Waals surface area contributed by atoms with Crippen molar-refractivity contribution >= 4 is 31.6 Å². The van der Waals surface area contributed by atoms with Crippen molar-refractivity contribution in [1.82, 2.24) is 4.98 Å². The molecule has 0 radical (unpaired) electrons. The molecule has 1 heterocycles. The predicted molar refractivity (Wildman–Crippen MR) is 104 cm³/mol. The summed E-state index contributed by atoms with van der Waals surface area (Å²) in [6, 6.07) is 13.8. The molecule has 0 N–H and O–H groups in total. The minimum atomic E-state index is -3.63. The van der Waals surface area contributed by atoms with Gasteiger partial charge in [-0.05, 0) is 61.4 Å². The molecule has 1 saturated carbocycles. The summed E-state index contributed by atoms with van der Waals surface area (Å²) in [5.41, 5.74) is 1.41. The lowest BCUT2D eigenvalue weighted by molar-refractivity contribution is 0.509. The van der Waals surface area contributed by atoms with E-state index in [4.69, 9.17) is 4.42 Å². The normalized spacial score (nSPS) is 14.4. The number of hydrogen-bond acceptors (Lipinski definition) is 4. The molecular weight excluding hydrogens is 416 g/mol. The van der Waals surface area contributed by atoms with Gasteiger partial charge in [-0.2, -0.15) is 0 Å². The first-order valence-corrected chi connectivity index (χ1v) is 10.5. The van der Waals surface area contributed by atoms with Crippen LogP contribution < -0.4 is 4.31 Å². The van der Waals surface area contributed by atoms with Gasteiger partial charge in [0.2, 0.25) is 0 Å². The van der Waals surface area contributed by atoms with Crippen molar-refractivity contribution in [3.05, 3.63) is 65.1 Å². The van der Waals surface area contributed by atoms with E-state index in [1.165, 1.54) is 4.31 Å². The van der Waals surface area contributed by atoms with Crippen molar-refractivity contribution in [3.8, 4) is 11.3 Å². The van der Waals surface area contributed by atoms with E-state index in [0.717, 1.165) is 28.8 Å². The molecule has 0 aliphatic heterocycles. The number of benzene rings is 2. The molecule has 1 aliphatic rings. The SMILES string of the molecule is CN(c1ccc(Br)cc1)S(=O)(=O)c1ccc(-c2cnc(C3CC3)o2)cc1. The second kappa shape index (κ2) is 6.55. The lowest BCUT2D eigenvalue weighted by Gasteiger charge is -2.19. The van der Waals surface area contributed by atoms with Gasteiger partial charge in [-0.15, -0.1) is 0 Å². The molecule has 5 nitrogen and oxygen atoms in total. The Bertz CT molecular complexity index is 1020. The van der Waals surface area contributed by atoms with Crippen molar-refractivity contribution < 1.29 is 12.8 Å². The summed E-state index contributed by atoms with van der Waals surface area (Å²) in [5.74, 6) is 1.88. The monoisotopic (exact) mass is 432 g/mol. The third kappa shape index (κ3) is 3.29. The third-order valence-corrected chi connectivity index (χ3v) is 6.77. The van der Waals surface area contributed by atoms with Crippen LogP contribution in [0.2, 0.25) is 0 Å². The standard InChI is InChI=1S/C19H17BrN2O3S/c1-22(16-8-6-15(20)7-9-16)26(23,24)17-10-4-13(5-11-17)18-12-21-19(25-18)14-2-3-14/h4-12,14H,2-3H2,1H3. The van der Waals surface area contributed by atoms with Crippen molar-refractivity contribution in [1.29, 1.82) is 0 Å². The number of anilines is 1. The summed E-state index contributed by atoms with van der Waals surface area (Å²) in [4.78, 5) is 4.53. The fourth-order valence-corrected chi connectivity index (χ4v) is 4.14. The van der Waals surface area contributed by atoms with Crippen LogP contribution in [-0.4, -0.2) is 20.4 Å². The number of rotatable bonds is 5. The molecule has 26 heavy (non-hydrogen) atoms. The molecule has 0 saturated heterocycles. The molecule has 4 rings (SSSR count). The highest BCUT2D eigenvalue weighted by Crippen LogP contribution is 2.40. The Hall–Kier alpha value is -2.12. The number of sulfonamides is 1. The minimum Gasteiger partial charge on any atom is -0.440 e. The van der Waals surface area contributed by atoms with Crippen molar-refractivity contribution in [3.63, 3.8) is 0 Å². The Kier molecular flexibility index (Phi) is 4.36. The van der Waals surface area contributed by atoms with Gasteiger partial charge in [0, 0.05) is 23.0 Å². The lowest BCUT2D eigenvalue weighted by Crippen LogP contribution is -2.26. The molecule has 7 heteroatoms. The third-order valence-electron chi connectivity index (χ3n) is 4.44. The van der Waals surface area contributed by atoms with Crippen molar-refractivity contribution in [2.75, 3.05) is 11.4 Å². The number of aromatic nitrogens is 1. The summed E-state index contributed by atoms with van der Waals surface area (Å²) in [6.07, 6.45) is 3.95. The summed E-state index contributed by atoms with van der Waals surface area (Å²) in [5, 5.41) is 0. The first-order chi connectivity index (χ1) is 12.4. The van der Waals surface area contributed by atoms with Crippen molar-refractivity contribution in [2.45, 2.75) is 23.7 Å². The molecule has 0 amide bonds. The van der Waals surface area contributed by atoms with Crippen LogP contribution in [0.5, 0.6) is 0 Å². The number of hydrogen-bond donors (Lipinski definition) is 0. The van der Waals surface area contributed by atoms with E-state index in [9.17, 15) is 8.42 Å². The van der Waals surface area contributed by atoms with E-state index >= 15 is 0 Å². The van der Waals surface area contributed by atoms with Gasteiger partial charge in [-0.1, -0.05) is 15.9 Å². The maximum atomic E-state index is 12.8. The average molecular weight is 433 g/mol. The highest BCUT2D eigenvalue weighted by molar-refractivity contribution is 9.10. The molecule has 1 aliphatic carbocycles. The summed E-state index contributed by atoms with van der Waals surface area (Å²) in [7, 11) is -2.08. The number of halogens is 1. The Morgan fingerprint density at radius 1 is 1.08 bits per heavy atom. The van der Waals surface area contributed by atoms with Crippen molar-refractivity contribution in [2.24, 2.45) is 0 Å². The molecule has 2 aromatic carbocycles. The van der Waals surface area contributed by atoms with Gasteiger partial charge in [0.15, 0.2) is 11.7 Å². The lowest BCUT2D eigenvalue weighted by atomic mass is 10.2. The second-order valence-corrected chi connectivity index (χ2v) is 9.20. The smallest absolute Gasteiger partial charge is 0.264 e. The molecule has 1 aromatic heterocycles. The van der Waals surface area contributed by atoms with Crippen LogP contribution in [0.15, 0.2) is 68.5 Å². The van der Waals surface area contributed by atoms with Crippen LogP contribution in [0, 0.1) is 0 Å². The largest absolute Gasteiger partial charge is 0.440 e. The van der Waals surface area contributed by atoms with Gasteiger partial charge >= 0.3 is 0 Å². The Balaban J connectivity index is 1.59. The highest BCUT2D eigenvalue weighted by atomic mass is 79.9. The predicted octanol–water partition coefficient (Wildman–Crippen LogP) is 4.81. The summed E-state index contributed by atoms with van der Waals surface area (Å²) in [6.45, 7) is 0. The molecule has 134 valence electrons. The topological polar surface area (TPSA) is 63.4 Å². The van der Waals surface area contributed by atoms with E-state index in [2.05, 4.69) is 20.9 Å². The summed E-state index contributed by atoms with van der Waals surface area (Å²) < 4.78 is 33.6. The zero-order valence-corrected chi connectivity index (χ0v) is 16.5. The maximum Gasteiger partial charge on any atom is 0.264 e. The fourth-order valence-electron chi connectivity index (χ4n) is 2.68. The van der Waals surface area contributed by atoms with Crippen LogP contribution in [-0.2, 0) is 10.0 Å².